The van der Waals surface area contributed by atoms with Crippen molar-refractivity contribution < 1.29 is 14.3 Å². The molecule has 0 aromatic heterocycles. The molecule has 1 fully saturated rings. The minimum atomic E-state index is 0.201. The third-order valence-corrected chi connectivity index (χ3v) is 6.30. The second-order valence-electron chi connectivity index (χ2n) is 8.36. The van der Waals surface area contributed by atoms with E-state index in [2.05, 4.69) is 65.6 Å². The summed E-state index contributed by atoms with van der Waals surface area (Å²) in [6.07, 6.45) is 1.15. The number of aryl methyl sites for hydroxylation is 1. The van der Waals surface area contributed by atoms with Gasteiger partial charge in [-0.1, -0.05) is 60.7 Å². The first-order valence-corrected chi connectivity index (χ1v) is 11.5. The van der Waals surface area contributed by atoms with Crippen molar-refractivity contribution in [1.82, 2.24) is 9.80 Å². The summed E-state index contributed by atoms with van der Waals surface area (Å²) >= 11 is 0. The fraction of sp³-hybridized carbons (Fsp3) is 0.321. The maximum atomic E-state index is 12.9. The first-order chi connectivity index (χ1) is 16.2. The lowest BCUT2D eigenvalue weighted by atomic mass is 9.96. The van der Waals surface area contributed by atoms with Crippen LogP contribution in [0.25, 0.3) is 0 Å². The van der Waals surface area contributed by atoms with Crippen molar-refractivity contribution in [2.45, 2.75) is 18.9 Å². The van der Waals surface area contributed by atoms with Crippen molar-refractivity contribution in [3.05, 3.63) is 95.6 Å². The lowest BCUT2D eigenvalue weighted by Gasteiger charge is -2.40. The largest absolute Gasteiger partial charge is 0.497 e. The standard InChI is InChI=1S/C28H32N2O3/c1-32-25-19-22(20-26(21-25)33-2)13-14-27(31)29-15-17-30(18-16-29)28(23-9-5-3-6-10-23)24-11-7-4-8-12-24/h3-12,19-21,28H,13-18H2,1-2H3. The van der Waals surface area contributed by atoms with Crippen molar-refractivity contribution in [1.29, 1.82) is 0 Å². The molecule has 0 saturated carbocycles. The molecule has 0 aliphatic carbocycles. The normalized spacial score (nSPS) is 14.3. The van der Waals surface area contributed by atoms with Crippen molar-refractivity contribution in [3.63, 3.8) is 0 Å². The van der Waals surface area contributed by atoms with Crippen LogP contribution in [0.5, 0.6) is 11.5 Å². The van der Waals surface area contributed by atoms with Gasteiger partial charge in [-0.25, -0.2) is 0 Å². The van der Waals surface area contributed by atoms with Crippen molar-refractivity contribution in [3.8, 4) is 11.5 Å². The Labute approximate surface area is 196 Å². The Morgan fingerprint density at radius 2 is 1.30 bits per heavy atom. The molecule has 0 atom stereocenters. The Hall–Kier alpha value is -3.31. The number of hydrogen-bond acceptors (Lipinski definition) is 4. The van der Waals surface area contributed by atoms with Gasteiger partial charge in [-0.05, 0) is 35.2 Å². The van der Waals surface area contributed by atoms with Gasteiger partial charge in [0.25, 0.3) is 0 Å². The zero-order valence-electron chi connectivity index (χ0n) is 19.4. The highest BCUT2D eigenvalue weighted by Crippen LogP contribution is 2.29. The molecule has 3 aromatic rings. The van der Waals surface area contributed by atoms with Gasteiger partial charge in [-0.2, -0.15) is 0 Å². The molecule has 5 nitrogen and oxygen atoms in total. The molecule has 0 spiro atoms. The van der Waals surface area contributed by atoms with Crippen LogP contribution in [0, 0.1) is 0 Å². The molecule has 0 N–H and O–H groups in total. The first-order valence-electron chi connectivity index (χ1n) is 11.5. The number of carbonyl (C=O) groups is 1. The highest BCUT2D eigenvalue weighted by Gasteiger charge is 2.28. The Morgan fingerprint density at radius 1 is 0.788 bits per heavy atom. The van der Waals surface area contributed by atoms with E-state index in [1.807, 2.05) is 23.1 Å². The van der Waals surface area contributed by atoms with E-state index in [1.165, 1.54) is 11.1 Å². The Balaban J connectivity index is 1.38. The molecule has 1 aliphatic rings. The van der Waals surface area contributed by atoms with Crippen LogP contribution in [0.4, 0.5) is 0 Å². The molecule has 172 valence electrons. The Kier molecular flexibility index (Phi) is 7.63. The number of hydrogen-bond donors (Lipinski definition) is 0. The quantitative estimate of drug-likeness (QED) is 0.510. The van der Waals surface area contributed by atoms with E-state index in [4.69, 9.17) is 9.47 Å². The zero-order valence-corrected chi connectivity index (χ0v) is 19.4. The second kappa shape index (κ2) is 11.0. The summed E-state index contributed by atoms with van der Waals surface area (Å²) in [4.78, 5) is 17.4. The minimum absolute atomic E-state index is 0.201. The lowest BCUT2D eigenvalue weighted by molar-refractivity contribution is -0.133. The molecule has 1 heterocycles. The van der Waals surface area contributed by atoms with Crippen LogP contribution in [0.3, 0.4) is 0 Å². The van der Waals surface area contributed by atoms with Gasteiger partial charge in [0, 0.05) is 38.7 Å². The van der Waals surface area contributed by atoms with Crippen LogP contribution in [-0.4, -0.2) is 56.1 Å². The van der Waals surface area contributed by atoms with E-state index in [1.54, 1.807) is 14.2 Å². The molecular formula is C28H32N2O3. The number of amides is 1. The van der Waals surface area contributed by atoms with Crippen LogP contribution in [-0.2, 0) is 11.2 Å². The predicted molar refractivity (Wildman–Crippen MR) is 131 cm³/mol. The summed E-state index contributed by atoms with van der Waals surface area (Å²) in [5.41, 5.74) is 3.62. The summed E-state index contributed by atoms with van der Waals surface area (Å²) in [6, 6.07) is 27.3. The third-order valence-electron chi connectivity index (χ3n) is 6.30. The number of methoxy groups -OCH3 is 2. The lowest BCUT2D eigenvalue weighted by Crippen LogP contribution is -2.49. The fourth-order valence-electron chi connectivity index (χ4n) is 4.53. The summed E-state index contributed by atoms with van der Waals surface area (Å²) in [5.74, 6) is 1.70. The van der Waals surface area contributed by atoms with Crippen molar-refractivity contribution in [2.75, 3.05) is 40.4 Å². The molecule has 0 radical (unpaired) electrons. The molecule has 1 amide bonds. The number of ether oxygens (including phenoxy) is 2. The highest BCUT2D eigenvalue weighted by molar-refractivity contribution is 5.76. The zero-order chi connectivity index (χ0) is 23.0. The average molecular weight is 445 g/mol. The minimum Gasteiger partial charge on any atom is -0.497 e. The predicted octanol–water partition coefficient (Wildman–Crippen LogP) is 4.57. The number of rotatable bonds is 8. The summed E-state index contributed by atoms with van der Waals surface area (Å²) in [6.45, 7) is 3.20. The van der Waals surface area contributed by atoms with Gasteiger partial charge in [0.15, 0.2) is 0 Å². The fourth-order valence-corrected chi connectivity index (χ4v) is 4.53. The highest BCUT2D eigenvalue weighted by atomic mass is 16.5. The van der Waals surface area contributed by atoms with Gasteiger partial charge in [-0.15, -0.1) is 0 Å². The van der Waals surface area contributed by atoms with Crippen LogP contribution < -0.4 is 9.47 Å². The van der Waals surface area contributed by atoms with Crippen molar-refractivity contribution in [2.24, 2.45) is 0 Å². The smallest absolute Gasteiger partial charge is 0.222 e. The van der Waals surface area contributed by atoms with Crippen LogP contribution >= 0.6 is 0 Å². The molecule has 1 aliphatic heterocycles. The summed E-state index contributed by atoms with van der Waals surface area (Å²) in [5, 5.41) is 0. The van der Waals surface area contributed by atoms with Gasteiger partial charge in [0.2, 0.25) is 5.91 Å². The number of benzene rings is 3. The van der Waals surface area contributed by atoms with Gasteiger partial charge in [0.05, 0.1) is 20.3 Å². The van der Waals surface area contributed by atoms with Crippen LogP contribution in [0.2, 0.25) is 0 Å². The molecule has 1 saturated heterocycles. The molecule has 33 heavy (non-hydrogen) atoms. The van der Waals surface area contributed by atoms with Gasteiger partial charge < -0.3 is 14.4 Å². The van der Waals surface area contributed by atoms with E-state index in [0.717, 1.165) is 43.2 Å². The van der Waals surface area contributed by atoms with Crippen LogP contribution in [0.15, 0.2) is 78.9 Å². The van der Waals surface area contributed by atoms with E-state index < -0.39 is 0 Å². The molecule has 3 aromatic carbocycles. The number of nitrogens with zero attached hydrogens (tertiary/aromatic N) is 2. The number of carbonyl (C=O) groups excluding carboxylic acids is 1. The third kappa shape index (κ3) is 5.74. The number of piperazine rings is 1. The molecule has 4 rings (SSSR count). The van der Waals surface area contributed by atoms with Gasteiger partial charge in [-0.3, -0.25) is 9.69 Å². The van der Waals surface area contributed by atoms with Gasteiger partial charge in [0.1, 0.15) is 11.5 Å². The van der Waals surface area contributed by atoms with E-state index in [-0.39, 0.29) is 11.9 Å². The first kappa shape index (κ1) is 22.9. The SMILES string of the molecule is COc1cc(CCC(=O)N2CCN(C(c3ccccc3)c3ccccc3)CC2)cc(OC)c1. The Bertz CT molecular complexity index is 970. The molecule has 0 unspecified atom stereocenters. The second-order valence-corrected chi connectivity index (χ2v) is 8.36. The topological polar surface area (TPSA) is 42.0 Å². The van der Waals surface area contributed by atoms with Crippen molar-refractivity contribution >= 4 is 5.91 Å². The average Bonchev–Trinajstić information content (AvgIpc) is 2.89. The summed E-state index contributed by atoms with van der Waals surface area (Å²) in [7, 11) is 3.28. The Morgan fingerprint density at radius 3 is 1.79 bits per heavy atom. The van der Waals surface area contributed by atoms with Crippen LogP contribution in [0.1, 0.15) is 29.2 Å². The molecule has 0 bridgehead atoms. The molecular weight excluding hydrogens is 412 g/mol. The summed E-state index contributed by atoms with van der Waals surface area (Å²) < 4.78 is 10.7. The maximum absolute atomic E-state index is 12.9. The van der Waals surface area contributed by atoms with Gasteiger partial charge >= 0.3 is 0 Å². The van der Waals surface area contributed by atoms with E-state index >= 15 is 0 Å². The molecule has 5 heteroatoms. The van der Waals surface area contributed by atoms with E-state index in [9.17, 15) is 4.79 Å². The monoisotopic (exact) mass is 444 g/mol. The maximum Gasteiger partial charge on any atom is 0.222 e. The van der Waals surface area contributed by atoms with E-state index in [0.29, 0.717) is 12.8 Å².